The molecule has 1 aromatic rings. The van der Waals surface area contributed by atoms with Crippen molar-refractivity contribution in [2.45, 2.75) is 39.8 Å². The van der Waals surface area contributed by atoms with Gasteiger partial charge in [-0.05, 0) is 36.2 Å². The van der Waals surface area contributed by atoms with Crippen molar-refractivity contribution in [1.29, 1.82) is 0 Å². The zero-order valence-corrected chi connectivity index (χ0v) is 10.5. The number of halogens is 1. The molecule has 0 fully saturated rings. The summed E-state index contributed by atoms with van der Waals surface area (Å²) < 4.78 is 8.52. The van der Waals surface area contributed by atoms with Gasteiger partial charge in [0.15, 0.2) is 0 Å². The SMILES string of the molecule is CCCOCc1c(Br)cnn1C(C)C. The topological polar surface area (TPSA) is 27.1 Å². The Bertz CT molecular complexity index is 284. The van der Waals surface area contributed by atoms with Gasteiger partial charge in [0.05, 0.1) is 23.0 Å². The minimum atomic E-state index is 0.376. The van der Waals surface area contributed by atoms with Crippen LogP contribution in [-0.2, 0) is 11.3 Å². The van der Waals surface area contributed by atoms with Gasteiger partial charge in [-0.15, -0.1) is 0 Å². The van der Waals surface area contributed by atoms with Gasteiger partial charge in [-0.25, -0.2) is 0 Å². The first-order valence-corrected chi connectivity index (χ1v) is 5.75. The molecule has 0 aromatic carbocycles. The van der Waals surface area contributed by atoms with Crippen molar-refractivity contribution < 1.29 is 4.74 Å². The number of nitrogens with zero attached hydrogens (tertiary/aromatic N) is 2. The minimum Gasteiger partial charge on any atom is -0.375 e. The molecular formula is C10H17BrN2O. The first kappa shape index (κ1) is 11.7. The van der Waals surface area contributed by atoms with E-state index in [-0.39, 0.29) is 0 Å². The van der Waals surface area contributed by atoms with Crippen LogP contribution in [0.15, 0.2) is 10.7 Å². The van der Waals surface area contributed by atoms with Crippen molar-refractivity contribution >= 4 is 15.9 Å². The average molecular weight is 261 g/mol. The monoisotopic (exact) mass is 260 g/mol. The van der Waals surface area contributed by atoms with Gasteiger partial charge < -0.3 is 4.74 Å². The molecule has 0 aliphatic heterocycles. The summed E-state index contributed by atoms with van der Waals surface area (Å²) >= 11 is 3.47. The van der Waals surface area contributed by atoms with Crippen LogP contribution in [0, 0.1) is 0 Å². The second-order valence-electron chi connectivity index (χ2n) is 3.53. The molecule has 0 N–H and O–H groups in total. The summed E-state index contributed by atoms with van der Waals surface area (Å²) in [6.45, 7) is 7.77. The molecule has 0 atom stereocenters. The third-order valence-corrected chi connectivity index (χ3v) is 2.59. The van der Waals surface area contributed by atoms with Crippen LogP contribution >= 0.6 is 15.9 Å². The van der Waals surface area contributed by atoms with E-state index in [9.17, 15) is 0 Å². The fraction of sp³-hybridized carbons (Fsp3) is 0.700. The normalized spacial score (nSPS) is 11.2. The highest BCUT2D eigenvalue weighted by atomic mass is 79.9. The Labute approximate surface area is 93.6 Å². The van der Waals surface area contributed by atoms with E-state index < -0.39 is 0 Å². The van der Waals surface area contributed by atoms with Crippen molar-refractivity contribution in [1.82, 2.24) is 9.78 Å². The molecule has 0 saturated heterocycles. The van der Waals surface area contributed by atoms with E-state index in [1.54, 1.807) is 0 Å². The Morgan fingerprint density at radius 3 is 2.86 bits per heavy atom. The molecule has 0 aliphatic rings. The van der Waals surface area contributed by atoms with Crippen molar-refractivity contribution in [3.63, 3.8) is 0 Å². The van der Waals surface area contributed by atoms with E-state index in [2.05, 4.69) is 41.8 Å². The first-order valence-electron chi connectivity index (χ1n) is 4.96. The third kappa shape index (κ3) is 2.82. The minimum absolute atomic E-state index is 0.376. The predicted molar refractivity (Wildman–Crippen MR) is 60.3 cm³/mol. The highest BCUT2D eigenvalue weighted by Gasteiger charge is 2.10. The van der Waals surface area contributed by atoms with E-state index >= 15 is 0 Å². The van der Waals surface area contributed by atoms with E-state index in [0.29, 0.717) is 12.6 Å². The lowest BCUT2D eigenvalue weighted by Crippen LogP contribution is -2.09. The van der Waals surface area contributed by atoms with Gasteiger partial charge >= 0.3 is 0 Å². The van der Waals surface area contributed by atoms with Crippen LogP contribution in [0.3, 0.4) is 0 Å². The van der Waals surface area contributed by atoms with E-state index in [0.717, 1.165) is 23.2 Å². The summed E-state index contributed by atoms with van der Waals surface area (Å²) in [5, 5.41) is 4.28. The van der Waals surface area contributed by atoms with Crippen LogP contribution in [0.5, 0.6) is 0 Å². The zero-order chi connectivity index (χ0) is 10.6. The molecule has 1 heterocycles. The molecule has 0 saturated carbocycles. The molecule has 0 aliphatic carbocycles. The van der Waals surface area contributed by atoms with Crippen molar-refractivity contribution in [3.05, 3.63) is 16.4 Å². The quantitative estimate of drug-likeness (QED) is 0.761. The highest BCUT2D eigenvalue weighted by Crippen LogP contribution is 2.20. The molecular weight excluding hydrogens is 244 g/mol. The standard InChI is InChI=1S/C10H17BrN2O/c1-4-5-14-7-10-9(11)6-12-13(10)8(2)3/h6,8H,4-5,7H2,1-3H3. The highest BCUT2D eigenvalue weighted by molar-refractivity contribution is 9.10. The van der Waals surface area contributed by atoms with E-state index in [1.807, 2.05) is 10.9 Å². The summed E-state index contributed by atoms with van der Waals surface area (Å²) in [7, 11) is 0. The zero-order valence-electron chi connectivity index (χ0n) is 8.96. The Balaban J connectivity index is 2.67. The van der Waals surface area contributed by atoms with Gasteiger partial charge in [0.25, 0.3) is 0 Å². The average Bonchev–Trinajstić information content (AvgIpc) is 2.48. The Morgan fingerprint density at radius 2 is 2.29 bits per heavy atom. The largest absolute Gasteiger partial charge is 0.375 e. The summed E-state index contributed by atoms with van der Waals surface area (Å²) in [5.74, 6) is 0. The molecule has 0 spiro atoms. The van der Waals surface area contributed by atoms with Gasteiger partial charge in [-0.1, -0.05) is 6.92 Å². The second kappa shape index (κ2) is 5.51. The van der Waals surface area contributed by atoms with Crippen molar-refractivity contribution in [2.24, 2.45) is 0 Å². The lowest BCUT2D eigenvalue weighted by molar-refractivity contribution is 0.114. The maximum absolute atomic E-state index is 5.51. The maximum Gasteiger partial charge on any atom is 0.0896 e. The number of hydrogen-bond acceptors (Lipinski definition) is 2. The maximum atomic E-state index is 5.51. The fourth-order valence-corrected chi connectivity index (χ4v) is 1.65. The molecule has 1 aromatic heterocycles. The predicted octanol–water partition coefficient (Wildman–Crippen LogP) is 3.15. The third-order valence-electron chi connectivity index (χ3n) is 1.92. The molecule has 80 valence electrons. The number of aromatic nitrogens is 2. The van der Waals surface area contributed by atoms with Gasteiger partial charge in [0, 0.05) is 12.6 Å². The molecule has 4 heteroatoms. The van der Waals surface area contributed by atoms with E-state index in [1.165, 1.54) is 0 Å². The summed E-state index contributed by atoms with van der Waals surface area (Å²) in [5.41, 5.74) is 1.12. The molecule has 14 heavy (non-hydrogen) atoms. The Morgan fingerprint density at radius 1 is 1.57 bits per heavy atom. The lowest BCUT2D eigenvalue weighted by atomic mass is 10.3. The number of ether oxygens (including phenoxy) is 1. The molecule has 0 unspecified atom stereocenters. The number of hydrogen-bond donors (Lipinski definition) is 0. The molecule has 0 amide bonds. The van der Waals surface area contributed by atoms with Crippen LogP contribution in [0.1, 0.15) is 38.9 Å². The molecule has 3 nitrogen and oxygen atoms in total. The Kier molecular flexibility index (Phi) is 4.62. The molecule has 1 rings (SSSR count). The van der Waals surface area contributed by atoms with E-state index in [4.69, 9.17) is 4.74 Å². The van der Waals surface area contributed by atoms with Crippen LogP contribution in [0.4, 0.5) is 0 Å². The second-order valence-corrected chi connectivity index (χ2v) is 4.38. The van der Waals surface area contributed by atoms with Crippen LogP contribution in [0.25, 0.3) is 0 Å². The fourth-order valence-electron chi connectivity index (χ4n) is 1.26. The lowest BCUT2D eigenvalue weighted by Gasteiger charge is -2.11. The number of rotatable bonds is 5. The summed E-state index contributed by atoms with van der Waals surface area (Å²) in [6, 6.07) is 0.376. The van der Waals surface area contributed by atoms with Crippen LogP contribution in [-0.4, -0.2) is 16.4 Å². The smallest absolute Gasteiger partial charge is 0.0896 e. The summed E-state index contributed by atoms with van der Waals surface area (Å²) in [6.07, 6.45) is 2.87. The molecule has 0 radical (unpaired) electrons. The van der Waals surface area contributed by atoms with Crippen molar-refractivity contribution in [3.8, 4) is 0 Å². The Hall–Kier alpha value is -0.350. The van der Waals surface area contributed by atoms with Crippen LogP contribution < -0.4 is 0 Å². The van der Waals surface area contributed by atoms with Gasteiger partial charge in [0.1, 0.15) is 0 Å². The van der Waals surface area contributed by atoms with Gasteiger partial charge in [-0.2, -0.15) is 5.10 Å². The van der Waals surface area contributed by atoms with Crippen LogP contribution in [0.2, 0.25) is 0 Å². The summed E-state index contributed by atoms with van der Waals surface area (Å²) in [4.78, 5) is 0. The van der Waals surface area contributed by atoms with Crippen molar-refractivity contribution in [2.75, 3.05) is 6.61 Å². The van der Waals surface area contributed by atoms with Gasteiger partial charge in [-0.3, -0.25) is 4.68 Å². The molecule has 0 bridgehead atoms. The first-order chi connectivity index (χ1) is 6.66. The van der Waals surface area contributed by atoms with Gasteiger partial charge in [0.2, 0.25) is 0 Å².